The number of aliphatic hydroxyl groups excluding tert-OH is 1. The average molecular weight is 364 g/mol. The minimum absolute atomic E-state index is 0.0325. The molecule has 3 N–H and O–H groups in total. The van der Waals surface area contributed by atoms with Gasteiger partial charge in [-0.3, -0.25) is 4.79 Å². The van der Waals surface area contributed by atoms with Crippen LogP contribution in [-0.4, -0.2) is 35.2 Å². The van der Waals surface area contributed by atoms with Crippen LogP contribution in [-0.2, 0) is 11.0 Å². The number of nitrogens with two attached hydrogens (primary N) is 1. The molecule has 1 amide bonds. The quantitative estimate of drug-likeness (QED) is 0.864. The van der Waals surface area contributed by atoms with E-state index in [0.29, 0.717) is 0 Å². The molecule has 2 aromatic rings. The Bertz CT molecular complexity index is 907. The lowest BCUT2D eigenvalue weighted by atomic mass is 10.0. The Balaban J connectivity index is 2.15. The summed E-state index contributed by atoms with van der Waals surface area (Å²) in [6.45, 7) is 0.0523. The number of fused-ring (bicyclic) bond motifs is 1. The van der Waals surface area contributed by atoms with E-state index in [2.05, 4.69) is 4.98 Å². The summed E-state index contributed by atoms with van der Waals surface area (Å²) < 4.78 is 40.9. The lowest BCUT2D eigenvalue weighted by Crippen LogP contribution is -2.25. The summed E-state index contributed by atoms with van der Waals surface area (Å²) in [5, 5.41) is 19.3. The molecule has 0 unspecified atom stereocenters. The number of hydrogen-bond donors (Lipinski definition) is 2. The van der Waals surface area contributed by atoms with Crippen molar-refractivity contribution in [3.8, 4) is 6.07 Å². The fraction of sp³-hybridized carbons (Fsp3) is 0.353. The van der Waals surface area contributed by atoms with Gasteiger partial charge in [0, 0.05) is 30.8 Å². The van der Waals surface area contributed by atoms with Gasteiger partial charge < -0.3 is 15.7 Å². The SMILES string of the molecule is N#Cc1c(N2C[C@@H](CC(N)=O)[C@H](O)C2)nc2ccccc2c1C(F)(F)F. The number of alkyl halides is 3. The maximum absolute atomic E-state index is 13.6. The van der Waals surface area contributed by atoms with E-state index in [9.17, 15) is 28.3 Å². The molecule has 3 rings (SSSR count). The van der Waals surface area contributed by atoms with Crippen molar-refractivity contribution < 1.29 is 23.1 Å². The molecule has 2 heterocycles. The predicted molar refractivity (Wildman–Crippen MR) is 87.0 cm³/mol. The van der Waals surface area contributed by atoms with E-state index < -0.39 is 35.2 Å². The number of benzene rings is 1. The van der Waals surface area contributed by atoms with Crippen molar-refractivity contribution in [1.29, 1.82) is 5.26 Å². The molecule has 1 aromatic heterocycles. The third-order valence-corrected chi connectivity index (χ3v) is 4.44. The molecule has 1 aliphatic heterocycles. The molecule has 0 spiro atoms. The fourth-order valence-corrected chi connectivity index (χ4v) is 3.31. The highest BCUT2D eigenvalue weighted by molar-refractivity contribution is 5.88. The van der Waals surface area contributed by atoms with Crippen LogP contribution in [0.4, 0.5) is 19.0 Å². The first-order chi connectivity index (χ1) is 12.2. The van der Waals surface area contributed by atoms with Crippen molar-refractivity contribution in [1.82, 2.24) is 4.98 Å². The van der Waals surface area contributed by atoms with Gasteiger partial charge in [0.15, 0.2) is 0 Å². The van der Waals surface area contributed by atoms with E-state index in [1.165, 1.54) is 23.1 Å². The van der Waals surface area contributed by atoms with Crippen LogP contribution in [0, 0.1) is 17.2 Å². The Morgan fingerprint density at radius 3 is 2.69 bits per heavy atom. The van der Waals surface area contributed by atoms with Crippen molar-refractivity contribution in [3.63, 3.8) is 0 Å². The van der Waals surface area contributed by atoms with Gasteiger partial charge in [0.05, 0.1) is 17.2 Å². The van der Waals surface area contributed by atoms with Gasteiger partial charge in [-0.2, -0.15) is 18.4 Å². The second-order valence-electron chi connectivity index (χ2n) is 6.21. The van der Waals surface area contributed by atoms with Crippen LogP contribution in [0.3, 0.4) is 0 Å². The van der Waals surface area contributed by atoms with Gasteiger partial charge in [-0.1, -0.05) is 18.2 Å². The van der Waals surface area contributed by atoms with Gasteiger partial charge >= 0.3 is 6.18 Å². The van der Waals surface area contributed by atoms with Crippen LogP contribution < -0.4 is 10.6 Å². The zero-order chi connectivity index (χ0) is 19.1. The number of para-hydroxylation sites is 1. The number of aliphatic hydroxyl groups is 1. The molecule has 1 aliphatic rings. The number of β-amino-alcohol motifs (C(OH)–C–C–N with tert-alkyl or cyclic N) is 1. The molecule has 1 fully saturated rings. The number of amides is 1. The van der Waals surface area contributed by atoms with E-state index in [1.54, 1.807) is 12.1 Å². The predicted octanol–water partition coefficient (Wildman–Crippen LogP) is 1.80. The molecule has 1 saturated heterocycles. The van der Waals surface area contributed by atoms with Crippen LogP contribution in [0.2, 0.25) is 0 Å². The number of primary amides is 1. The van der Waals surface area contributed by atoms with E-state index in [-0.39, 0.29) is 36.2 Å². The van der Waals surface area contributed by atoms with E-state index >= 15 is 0 Å². The molecule has 2 atom stereocenters. The molecule has 6 nitrogen and oxygen atoms in total. The van der Waals surface area contributed by atoms with Gasteiger partial charge in [-0.15, -0.1) is 0 Å². The van der Waals surface area contributed by atoms with Crippen molar-refractivity contribution >= 4 is 22.6 Å². The zero-order valence-corrected chi connectivity index (χ0v) is 13.5. The molecule has 0 aliphatic carbocycles. The van der Waals surface area contributed by atoms with Crippen LogP contribution in [0.1, 0.15) is 17.5 Å². The lowest BCUT2D eigenvalue weighted by Gasteiger charge is -2.22. The monoisotopic (exact) mass is 364 g/mol. The fourth-order valence-electron chi connectivity index (χ4n) is 3.31. The molecular weight excluding hydrogens is 349 g/mol. The standard InChI is InChI=1S/C17H15F3N4O2/c18-17(19,20)15-10-3-1-2-4-12(10)23-16(11(15)6-21)24-7-9(5-14(22)26)13(25)8-24/h1-4,9,13,25H,5,7-8H2,(H2,22,26)/t9-,13-/m1/s1. The summed E-state index contributed by atoms with van der Waals surface area (Å²) in [4.78, 5) is 16.7. The number of nitrogens with zero attached hydrogens (tertiary/aromatic N) is 3. The van der Waals surface area contributed by atoms with Crippen molar-refractivity contribution in [3.05, 3.63) is 35.4 Å². The first-order valence-corrected chi connectivity index (χ1v) is 7.83. The van der Waals surface area contributed by atoms with Gasteiger partial charge in [-0.25, -0.2) is 4.98 Å². The second kappa shape index (κ2) is 6.46. The molecule has 136 valence electrons. The highest BCUT2D eigenvalue weighted by Crippen LogP contribution is 2.41. The summed E-state index contributed by atoms with van der Waals surface area (Å²) in [5.41, 5.74) is 3.60. The Labute approximate surface area is 146 Å². The smallest absolute Gasteiger partial charge is 0.391 e. The van der Waals surface area contributed by atoms with Crippen molar-refractivity contribution in [2.75, 3.05) is 18.0 Å². The van der Waals surface area contributed by atoms with Gasteiger partial charge in [0.1, 0.15) is 17.5 Å². The number of aromatic nitrogens is 1. The van der Waals surface area contributed by atoms with E-state index in [4.69, 9.17) is 5.73 Å². The number of anilines is 1. The number of hydrogen-bond acceptors (Lipinski definition) is 5. The first kappa shape index (κ1) is 17.9. The number of carbonyl (C=O) groups is 1. The molecule has 0 radical (unpaired) electrons. The number of rotatable bonds is 3. The highest BCUT2D eigenvalue weighted by atomic mass is 19.4. The van der Waals surface area contributed by atoms with Crippen molar-refractivity contribution in [2.45, 2.75) is 18.7 Å². The van der Waals surface area contributed by atoms with Crippen LogP contribution in [0.25, 0.3) is 10.9 Å². The number of halogens is 3. The minimum Gasteiger partial charge on any atom is -0.391 e. The Kier molecular flexibility index (Phi) is 4.46. The molecular formula is C17H15F3N4O2. The number of nitriles is 1. The molecule has 1 aromatic carbocycles. The zero-order valence-electron chi connectivity index (χ0n) is 13.5. The Hall–Kier alpha value is -2.86. The maximum Gasteiger partial charge on any atom is 0.418 e. The van der Waals surface area contributed by atoms with Gasteiger partial charge in [0.2, 0.25) is 5.91 Å². The normalized spacial score (nSPS) is 20.3. The average Bonchev–Trinajstić information content (AvgIpc) is 2.92. The summed E-state index contributed by atoms with van der Waals surface area (Å²) in [6, 6.07) is 7.32. The summed E-state index contributed by atoms with van der Waals surface area (Å²) >= 11 is 0. The summed E-state index contributed by atoms with van der Waals surface area (Å²) in [5.74, 6) is -1.29. The second-order valence-corrected chi connectivity index (χ2v) is 6.21. The minimum atomic E-state index is -4.74. The van der Waals surface area contributed by atoms with Gasteiger partial charge in [-0.05, 0) is 6.07 Å². The lowest BCUT2D eigenvalue weighted by molar-refractivity contribution is -0.136. The third kappa shape index (κ3) is 3.15. The summed E-state index contributed by atoms with van der Waals surface area (Å²) in [6.07, 6.45) is -5.79. The Morgan fingerprint density at radius 1 is 1.38 bits per heavy atom. The van der Waals surface area contributed by atoms with E-state index in [1.807, 2.05) is 0 Å². The molecule has 0 saturated carbocycles. The Morgan fingerprint density at radius 2 is 2.08 bits per heavy atom. The highest BCUT2D eigenvalue weighted by Gasteiger charge is 2.40. The first-order valence-electron chi connectivity index (χ1n) is 7.83. The molecule has 26 heavy (non-hydrogen) atoms. The number of carbonyl (C=O) groups excluding carboxylic acids is 1. The molecule has 0 bridgehead atoms. The third-order valence-electron chi connectivity index (χ3n) is 4.44. The van der Waals surface area contributed by atoms with E-state index in [0.717, 1.165) is 0 Å². The topological polar surface area (TPSA) is 103 Å². The van der Waals surface area contributed by atoms with Crippen LogP contribution >= 0.6 is 0 Å². The van der Waals surface area contributed by atoms with Crippen LogP contribution in [0.5, 0.6) is 0 Å². The largest absolute Gasteiger partial charge is 0.418 e. The van der Waals surface area contributed by atoms with Crippen LogP contribution in [0.15, 0.2) is 24.3 Å². The summed E-state index contributed by atoms with van der Waals surface area (Å²) in [7, 11) is 0. The maximum atomic E-state index is 13.6. The number of pyridine rings is 1. The van der Waals surface area contributed by atoms with Crippen molar-refractivity contribution in [2.24, 2.45) is 11.7 Å². The molecule has 9 heteroatoms. The van der Waals surface area contributed by atoms with Gasteiger partial charge in [0.25, 0.3) is 0 Å².